The summed E-state index contributed by atoms with van der Waals surface area (Å²) >= 11 is 7.95. The van der Waals surface area contributed by atoms with Crippen molar-refractivity contribution in [3.05, 3.63) is 11.1 Å². The van der Waals surface area contributed by atoms with E-state index in [1.54, 1.807) is 0 Å². The summed E-state index contributed by atoms with van der Waals surface area (Å²) < 4.78 is 2.13. The Morgan fingerprint density at radius 3 is 2.80 bits per heavy atom. The minimum Gasteiger partial charge on any atom is -0.298 e. The maximum atomic E-state index is 6.11. The first-order chi connectivity index (χ1) is 7.27. The first-order valence-corrected chi connectivity index (χ1v) is 7.14. The summed E-state index contributed by atoms with van der Waals surface area (Å²) in [7, 11) is 0. The van der Waals surface area contributed by atoms with E-state index >= 15 is 0 Å². The quantitative estimate of drug-likeness (QED) is 0.799. The Hall–Kier alpha value is -0.220. The van der Waals surface area contributed by atoms with E-state index in [-0.39, 0.29) is 0 Å². The Bertz CT molecular complexity index is 335. The molecule has 1 unspecified atom stereocenters. The van der Waals surface area contributed by atoms with Gasteiger partial charge in [-0.1, -0.05) is 6.92 Å². The van der Waals surface area contributed by atoms with Crippen molar-refractivity contribution in [1.29, 1.82) is 0 Å². The summed E-state index contributed by atoms with van der Waals surface area (Å²) in [6, 6.07) is 0.443. The topological polar surface area (TPSA) is 30.7 Å². The van der Waals surface area contributed by atoms with E-state index in [9.17, 15) is 0 Å². The molecular formula is C10H16ClN3S. The molecule has 0 amide bonds. The fourth-order valence-corrected chi connectivity index (χ4v) is 2.84. The van der Waals surface area contributed by atoms with Crippen LogP contribution in [0.2, 0.25) is 5.28 Å². The monoisotopic (exact) mass is 245 g/mol. The maximum absolute atomic E-state index is 6.11. The Kier molecular flexibility index (Phi) is 3.57. The van der Waals surface area contributed by atoms with Gasteiger partial charge in [-0.25, -0.2) is 0 Å². The summed E-state index contributed by atoms with van der Waals surface area (Å²) in [5, 5.41) is 8.75. The van der Waals surface area contributed by atoms with Crippen molar-refractivity contribution >= 4 is 23.4 Å². The second-order valence-corrected chi connectivity index (χ2v) is 5.24. The van der Waals surface area contributed by atoms with E-state index in [2.05, 4.69) is 27.9 Å². The molecule has 0 spiro atoms. The molecule has 1 fully saturated rings. The number of nitrogens with zero attached hydrogens (tertiary/aromatic N) is 3. The summed E-state index contributed by atoms with van der Waals surface area (Å²) in [6.07, 6.45) is 5.69. The third kappa shape index (κ3) is 2.31. The number of aromatic nitrogens is 3. The Morgan fingerprint density at radius 1 is 1.53 bits per heavy atom. The van der Waals surface area contributed by atoms with Crippen LogP contribution in [0.15, 0.2) is 0 Å². The minimum absolute atomic E-state index is 0.443. The highest BCUT2D eigenvalue weighted by Gasteiger charge is 2.31. The highest BCUT2D eigenvalue weighted by molar-refractivity contribution is 7.98. The molecule has 0 aromatic carbocycles. The van der Waals surface area contributed by atoms with Gasteiger partial charge in [-0.2, -0.15) is 11.8 Å². The van der Waals surface area contributed by atoms with E-state index in [4.69, 9.17) is 11.6 Å². The Balaban J connectivity index is 2.26. The third-order valence-electron chi connectivity index (χ3n) is 2.82. The fourth-order valence-electron chi connectivity index (χ4n) is 1.81. The number of hydrogen-bond acceptors (Lipinski definition) is 3. The zero-order chi connectivity index (χ0) is 10.8. The Morgan fingerprint density at radius 2 is 2.27 bits per heavy atom. The number of thioether (sulfide) groups is 1. The molecule has 1 heterocycles. The van der Waals surface area contributed by atoms with Crippen molar-refractivity contribution in [2.75, 3.05) is 12.0 Å². The largest absolute Gasteiger partial charge is 0.298 e. The average molecular weight is 246 g/mol. The van der Waals surface area contributed by atoms with Gasteiger partial charge in [0.2, 0.25) is 5.28 Å². The molecule has 5 heteroatoms. The van der Waals surface area contributed by atoms with Crippen molar-refractivity contribution in [2.45, 2.75) is 38.1 Å². The van der Waals surface area contributed by atoms with E-state index in [1.165, 1.54) is 12.8 Å². The van der Waals surface area contributed by atoms with Gasteiger partial charge in [0.15, 0.2) is 0 Å². The molecule has 0 aliphatic heterocycles. The molecule has 15 heavy (non-hydrogen) atoms. The average Bonchev–Trinajstić information content (AvgIpc) is 3.00. The molecule has 1 aromatic rings. The van der Waals surface area contributed by atoms with Crippen LogP contribution in [-0.2, 0) is 0 Å². The molecular weight excluding hydrogens is 230 g/mol. The van der Waals surface area contributed by atoms with E-state index in [0.29, 0.717) is 17.2 Å². The van der Waals surface area contributed by atoms with E-state index < -0.39 is 0 Å². The predicted octanol–water partition coefficient (Wildman–Crippen LogP) is 3.12. The van der Waals surface area contributed by atoms with Crippen LogP contribution < -0.4 is 0 Å². The second kappa shape index (κ2) is 4.74. The van der Waals surface area contributed by atoms with Crippen LogP contribution in [0.4, 0.5) is 0 Å². The van der Waals surface area contributed by atoms with Crippen LogP contribution in [-0.4, -0.2) is 26.8 Å². The predicted molar refractivity (Wildman–Crippen MR) is 64.7 cm³/mol. The first-order valence-electron chi connectivity index (χ1n) is 5.37. The van der Waals surface area contributed by atoms with Crippen LogP contribution in [0, 0.1) is 0 Å². The normalized spacial score (nSPS) is 18.1. The first kappa shape index (κ1) is 11.3. The molecule has 1 atom stereocenters. The zero-order valence-corrected chi connectivity index (χ0v) is 10.7. The molecule has 0 bridgehead atoms. The van der Waals surface area contributed by atoms with Gasteiger partial charge in [0, 0.05) is 17.7 Å². The standard InChI is InChI=1S/C10H16ClN3S/c1-3-8(6-15-2)14-9(7-4-5-7)12-13-10(14)11/h7-8H,3-6H2,1-2H3. The van der Waals surface area contributed by atoms with Gasteiger partial charge < -0.3 is 0 Å². The maximum Gasteiger partial charge on any atom is 0.225 e. The zero-order valence-electron chi connectivity index (χ0n) is 9.11. The van der Waals surface area contributed by atoms with Gasteiger partial charge in [-0.3, -0.25) is 4.57 Å². The van der Waals surface area contributed by atoms with Crippen molar-refractivity contribution in [2.24, 2.45) is 0 Å². The fraction of sp³-hybridized carbons (Fsp3) is 0.800. The SMILES string of the molecule is CCC(CSC)n1c(Cl)nnc1C1CC1. The van der Waals surface area contributed by atoms with Crippen molar-refractivity contribution < 1.29 is 0 Å². The van der Waals surface area contributed by atoms with Crippen LogP contribution in [0.5, 0.6) is 0 Å². The van der Waals surface area contributed by atoms with Gasteiger partial charge in [-0.15, -0.1) is 10.2 Å². The summed E-state index contributed by atoms with van der Waals surface area (Å²) in [5.41, 5.74) is 0. The van der Waals surface area contributed by atoms with E-state index in [0.717, 1.165) is 18.0 Å². The molecule has 84 valence electrons. The second-order valence-electron chi connectivity index (χ2n) is 3.99. The number of rotatable bonds is 5. The lowest BCUT2D eigenvalue weighted by molar-refractivity contribution is 0.517. The molecule has 1 aliphatic carbocycles. The van der Waals surface area contributed by atoms with Crippen LogP contribution in [0.1, 0.15) is 44.0 Å². The molecule has 3 nitrogen and oxygen atoms in total. The highest BCUT2D eigenvalue weighted by atomic mass is 35.5. The molecule has 0 saturated heterocycles. The smallest absolute Gasteiger partial charge is 0.225 e. The summed E-state index contributed by atoms with van der Waals surface area (Å²) in [4.78, 5) is 0. The molecule has 0 N–H and O–H groups in total. The van der Waals surface area contributed by atoms with Gasteiger partial charge in [0.05, 0.1) is 0 Å². The minimum atomic E-state index is 0.443. The van der Waals surface area contributed by atoms with Gasteiger partial charge >= 0.3 is 0 Å². The van der Waals surface area contributed by atoms with E-state index in [1.807, 2.05) is 11.8 Å². The van der Waals surface area contributed by atoms with Crippen LogP contribution >= 0.6 is 23.4 Å². The lowest BCUT2D eigenvalue weighted by atomic mass is 10.2. The Labute approximate surface area is 99.6 Å². The number of halogens is 1. The molecule has 1 saturated carbocycles. The molecule has 1 aliphatic rings. The van der Waals surface area contributed by atoms with Crippen molar-refractivity contribution in [1.82, 2.24) is 14.8 Å². The van der Waals surface area contributed by atoms with Crippen molar-refractivity contribution in [3.63, 3.8) is 0 Å². The molecule has 2 rings (SSSR count). The van der Waals surface area contributed by atoms with Crippen LogP contribution in [0.3, 0.4) is 0 Å². The number of hydrogen-bond donors (Lipinski definition) is 0. The molecule has 1 aromatic heterocycles. The van der Waals surface area contributed by atoms with Gasteiger partial charge in [-0.05, 0) is 37.1 Å². The summed E-state index contributed by atoms with van der Waals surface area (Å²) in [5.74, 6) is 2.79. The van der Waals surface area contributed by atoms with Gasteiger partial charge in [0.25, 0.3) is 0 Å². The van der Waals surface area contributed by atoms with Crippen molar-refractivity contribution in [3.8, 4) is 0 Å². The third-order valence-corrected chi connectivity index (χ3v) is 3.79. The lowest BCUT2D eigenvalue weighted by Crippen LogP contribution is -2.13. The highest BCUT2D eigenvalue weighted by Crippen LogP contribution is 2.41. The van der Waals surface area contributed by atoms with Crippen LogP contribution in [0.25, 0.3) is 0 Å². The summed E-state index contributed by atoms with van der Waals surface area (Å²) in [6.45, 7) is 2.19. The lowest BCUT2D eigenvalue weighted by Gasteiger charge is -2.18. The molecule has 0 radical (unpaired) electrons. The van der Waals surface area contributed by atoms with Gasteiger partial charge in [0.1, 0.15) is 5.82 Å².